The van der Waals surface area contributed by atoms with Crippen LogP contribution in [-0.2, 0) is 11.2 Å². The second-order valence-corrected chi connectivity index (χ2v) is 6.90. The SMILES string of the molecule is Cc1nc2ncnn2c(C)c1CCC(=O)NC1CCCC(C(F)(F)F)C1. The van der Waals surface area contributed by atoms with Crippen LogP contribution >= 0.6 is 0 Å². The summed E-state index contributed by atoms with van der Waals surface area (Å²) in [4.78, 5) is 20.6. The average Bonchev–Trinajstić information content (AvgIpc) is 3.02. The Morgan fingerprint density at radius 2 is 2.12 bits per heavy atom. The highest BCUT2D eigenvalue weighted by Gasteiger charge is 2.42. The number of hydrogen-bond donors (Lipinski definition) is 1. The molecule has 2 atom stereocenters. The molecule has 2 aromatic rings. The number of alkyl halides is 3. The van der Waals surface area contributed by atoms with Crippen LogP contribution in [0.15, 0.2) is 6.33 Å². The van der Waals surface area contributed by atoms with E-state index < -0.39 is 18.1 Å². The van der Waals surface area contributed by atoms with Gasteiger partial charge in [-0.05, 0) is 45.1 Å². The highest BCUT2D eigenvalue weighted by molar-refractivity contribution is 5.76. The fourth-order valence-electron chi connectivity index (χ4n) is 3.67. The van der Waals surface area contributed by atoms with Crippen molar-refractivity contribution in [1.82, 2.24) is 24.9 Å². The fourth-order valence-corrected chi connectivity index (χ4v) is 3.67. The Kier molecular flexibility index (Phi) is 5.15. The van der Waals surface area contributed by atoms with Crippen molar-refractivity contribution in [2.45, 2.75) is 64.6 Å². The standard InChI is InChI=1S/C17H22F3N5O/c1-10-14(11(2)25-16(23-10)21-9-22-25)6-7-15(26)24-13-5-3-4-12(8-13)17(18,19)20/h9,12-13H,3-8H2,1-2H3,(H,24,26). The molecule has 0 aliphatic heterocycles. The number of nitrogens with zero attached hydrogens (tertiary/aromatic N) is 4. The Bertz CT molecular complexity index is 802. The molecule has 3 rings (SSSR count). The number of carbonyl (C=O) groups excluding carboxylic acids is 1. The van der Waals surface area contributed by atoms with Crippen molar-refractivity contribution >= 4 is 11.7 Å². The second kappa shape index (κ2) is 7.20. The van der Waals surface area contributed by atoms with E-state index in [1.165, 1.54) is 6.33 Å². The van der Waals surface area contributed by atoms with Crippen LogP contribution in [-0.4, -0.2) is 37.7 Å². The van der Waals surface area contributed by atoms with Gasteiger partial charge in [0.15, 0.2) is 0 Å². The smallest absolute Gasteiger partial charge is 0.353 e. The molecule has 0 saturated heterocycles. The normalized spacial score (nSPS) is 21.1. The number of nitrogens with one attached hydrogen (secondary N) is 1. The first kappa shape index (κ1) is 18.6. The minimum atomic E-state index is -4.18. The number of halogens is 3. The molecule has 1 N–H and O–H groups in total. The Hall–Kier alpha value is -2.19. The molecule has 0 radical (unpaired) electrons. The average molecular weight is 369 g/mol. The predicted octanol–water partition coefficient (Wildman–Crippen LogP) is 2.91. The van der Waals surface area contributed by atoms with Crippen LogP contribution in [0.1, 0.15) is 49.1 Å². The maximum Gasteiger partial charge on any atom is 0.391 e. The number of rotatable bonds is 4. The van der Waals surface area contributed by atoms with Gasteiger partial charge in [-0.1, -0.05) is 6.42 Å². The van der Waals surface area contributed by atoms with E-state index in [1.807, 2.05) is 13.8 Å². The van der Waals surface area contributed by atoms with Gasteiger partial charge >= 0.3 is 6.18 Å². The quantitative estimate of drug-likeness (QED) is 0.900. The molecule has 1 saturated carbocycles. The zero-order valence-electron chi connectivity index (χ0n) is 14.8. The van der Waals surface area contributed by atoms with Crippen molar-refractivity contribution in [3.63, 3.8) is 0 Å². The lowest BCUT2D eigenvalue weighted by molar-refractivity contribution is -0.184. The van der Waals surface area contributed by atoms with E-state index in [4.69, 9.17) is 0 Å². The van der Waals surface area contributed by atoms with E-state index in [-0.39, 0.29) is 25.2 Å². The number of hydrogen-bond acceptors (Lipinski definition) is 4. The molecule has 1 fully saturated rings. The molecule has 1 amide bonds. The van der Waals surface area contributed by atoms with Gasteiger partial charge in [0.1, 0.15) is 6.33 Å². The van der Waals surface area contributed by atoms with Gasteiger partial charge in [0, 0.05) is 23.9 Å². The van der Waals surface area contributed by atoms with E-state index in [1.54, 1.807) is 4.52 Å². The zero-order valence-corrected chi connectivity index (χ0v) is 14.8. The number of amides is 1. The summed E-state index contributed by atoms with van der Waals surface area (Å²) in [5.41, 5.74) is 2.56. The monoisotopic (exact) mass is 369 g/mol. The minimum Gasteiger partial charge on any atom is -0.353 e. The first-order chi connectivity index (χ1) is 12.3. The highest BCUT2D eigenvalue weighted by atomic mass is 19.4. The molecule has 142 valence electrons. The van der Waals surface area contributed by atoms with E-state index >= 15 is 0 Å². The number of fused-ring (bicyclic) bond motifs is 1. The lowest BCUT2D eigenvalue weighted by Crippen LogP contribution is -2.41. The molecule has 9 heteroatoms. The third-order valence-electron chi connectivity index (χ3n) is 5.09. The Morgan fingerprint density at radius 1 is 1.35 bits per heavy atom. The molecule has 0 aromatic carbocycles. The molecule has 1 aliphatic carbocycles. The van der Waals surface area contributed by atoms with Crippen molar-refractivity contribution < 1.29 is 18.0 Å². The van der Waals surface area contributed by atoms with Gasteiger partial charge in [-0.2, -0.15) is 23.3 Å². The van der Waals surface area contributed by atoms with E-state index in [2.05, 4.69) is 20.4 Å². The molecule has 2 unspecified atom stereocenters. The molecule has 2 heterocycles. The molecule has 0 spiro atoms. The van der Waals surface area contributed by atoms with Crippen LogP contribution in [0.4, 0.5) is 13.2 Å². The summed E-state index contributed by atoms with van der Waals surface area (Å²) in [7, 11) is 0. The summed E-state index contributed by atoms with van der Waals surface area (Å²) in [6, 6.07) is -0.402. The lowest BCUT2D eigenvalue weighted by atomic mass is 9.85. The maximum atomic E-state index is 12.9. The van der Waals surface area contributed by atoms with Gasteiger partial charge in [0.05, 0.1) is 5.92 Å². The van der Waals surface area contributed by atoms with Crippen LogP contribution in [0.3, 0.4) is 0 Å². The Morgan fingerprint density at radius 3 is 2.85 bits per heavy atom. The maximum absolute atomic E-state index is 12.9. The molecule has 6 nitrogen and oxygen atoms in total. The van der Waals surface area contributed by atoms with Gasteiger partial charge in [-0.3, -0.25) is 4.79 Å². The van der Waals surface area contributed by atoms with Crippen LogP contribution in [0.5, 0.6) is 0 Å². The summed E-state index contributed by atoms with van der Waals surface area (Å²) in [5, 5.41) is 6.88. The number of aromatic nitrogens is 4. The molecule has 26 heavy (non-hydrogen) atoms. The molecule has 0 bridgehead atoms. The Balaban J connectivity index is 1.59. The lowest BCUT2D eigenvalue weighted by Gasteiger charge is -2.31. The Labute approximate surface area is 149 Å². The second-order valence-electron chi connectivity index (χ2n) is 6.90. The highest BCUT2D eigenvalue weighted by Crippen LogP contribution is 2.37. The van der Waals surface area contributed by atoms with E-state index in [0.29, 0.717) is 25.0 Å². The van der Waals surface area contributed by atoms with Crippen molar-refractivity contribution in [3.05, 3.63) is 23.3 Å². The zero-order chi connectivity index (χ0) is 18.9. The van der Waals surface area contributed by atoms with Crippen molar-refractivity contribution in [1.29, 1.82) is 0 Å². The van der Waals surface area contributed by atoms with Gasteiger partial charge < -0.3 is 5.32 Å². The largest absolute Gasteiger partial charge is 0.391 e. The van der Waals surface area contributed by atoms with Crippen LogP contribution in [0.2, 0.25) is 0 Å². The van der Waals surface area contributed by atoms with Crippen molar-refractivity contribution in [2.75, 3.05) is 0 Å². The molecule has 2 aromatic heterocycles. The fraction of sp³-hybridized carbons (Fsp3) is 0.647. The molecule has 1 aliphatic rings. The van der Waals surface area contributed by atoms with E-state index in [0.717, 1.165) is 17.0 Å². The van der Waals surface area contributed by atoms with Crippen molar-refractivity contribution in [3.8, 4) is 0 Å². The predicted molar refractivity (Wildman–Crippen MR) is 88.5 cm³/mol. The van der Waals surface area contributed by atoms with Crippen molar-refractivity contribution in [2.24, 2.45) is 5.92 Å². The molecular weight excluding hydrogens is 347 g/mol. The van der Waals surface area contributed by atoms with Gasteiger partial charge in [-0.25, -0.2) is 9.50 Å². The number of carbonyl (C=O) groups is 1. The summed E-state index contributed by atoms with van der Waals surface area (Å²) in [6.07, 6.45) is -0.888. The van der Waals surface area contributed by atoms with Crippen LogP contribution in [0.25, 0.3) is 5.78 Å². The van der Waals surface area contributed by atoms with Crippen LogP contribution in [0, 0.1) is 19.8 Å². The first-order valence-corrected chi connectivity index (χ1v) is 8.77. The topological polar surface area (TPSA) is 72.2 Å². The third-order valence-corrected chi connectivity index (χ3v) is 5.09. The van der Waals surface area contributed by atoms with Gasteiger partial charge in [0.2, 0.25) is 5.91 Å². The summed E-state index contributed by atoms with van der Waals surface area (Å²) in [5.74, 6) is -1.03. The number of aryl methyl sites for hydroxylation is 2. The third kappa shape index (κ3) is 3.96. The molecular formula is C17H22F3N5O. The van der Waals surface area contributed by atoms with Gasteiger partial charge in [-0.15, -0.1) is 0 Å². The van der Waals surface area contributed by atoms with E-state index in [9.17, 15) is 18.0 Å². The summed E-state index contributed by atoms with van der Waals surface area (Å²) >= 11 is 0. The van der Waals surface area contributed by atoms with Crippen LogP contribution < -0.4 is 5.32 Å². The van der Waals surface area contributed by atoms with Gasteiger partial charge in [0.25, 0.3) is 5.78 Å². The minimum absolute atomic E-state index is 0.0280. The summed E-state index contributed by atoms with van der Waals surface area (Å²) < 4.78 is 40.3. The first-order valence-electron chi connectivity index (χ1n) is 8.77. The summed E-state index contributed by atoms with van der Waals surface area (Å²) in [6.45, 7) is 3.74.